The van der Waals surface area contributed by atoms with Crippen molar-refractivity contribution in [3.05, 3.63) is 0 Å². The Kier molecular flexibility index (Phi) is 6.25. The van der Waals surface area contributed by atoms with Crippen LogP contribution in [0.1, 0.15) is 46.0 Å². The molecule has 98 valence electrons. The molecule has 0 aromatic rings. The molecule has 0 heterocycles. The molecule has 4 nitrogen and oxygen atoms in total. The van der Waals surface area contributed by atoms with Crippen LogP contribution in [0.3, 0.4) is 0 Å². The molecular formula is C10H23ClN2O2S. The summed E-state index contributed by atoms with van der Waals surface area (Å²) in [5.41, 5.74) is 5.88. The molecule has 1 rings (SSSR count). The summed E-state index contributed by atoms with van der Waals surface area (Å²) in [6, 6.07) is 0.0955. The molecule has 0 amide bonds. The normalized spacial score (nSPS) is 30.8. The lowest BCUT2D eigenvalue weighted by molar-refractivity contribution is 0.285. The highest BCUT2D eigenvalue weighted by Gasteiger charge is 2.29. The Balaban J connectivity index is 0.00000225. The van der Waals surface area contributed by atoms with Crippen LogP contribution in [0, 0.1) is 0 Å². The standard InChI is InChI=1S/C10H22N2O2S.ClH/c1-3-8-15(13,14)12-9-4-6-10(2,11)7-5-9;/h9,12H,3-8,11H2,1-2H3;1H. The second-order valence-corrected chi connectivity index (χ2v) is 6.74. The van der Waals surface area contributed by atoms with Gasteiger partial charge in [-0.1, -0.05) is 6.92 Å². The Bertz CT molecular complexity index is 294. The van der Waals surface area contributed by atoms with Crippen molar-refractivity contribution in [2.45, 2.75) is 57.5 Å². The largest absolute Gasteiger partial charge is 0.325 e. The minimum Gasteiger partial charge on any atom is -0.325 e. The van der Waals surface area contributed by atoms with Crippen LogP contribution in [-0.2, 0) is 10.0 Å². The lowest BCUT2D eigenvalue weighted by Gasteiger charge is -2.34. The van der Waals surface area contributed by atoms with Crippen molar-refractivity contribution in [2.24, 2.45) is 5.73 Å². The van der Waals surface area contributed by atoms with Crippen LogP contribution in [0.2, 0.25) is 0 Å². The molecule has 0 saturated heterocycles. The van der Waals surface area contributed by atoms with E-state index in [0.29, 0.717) is 6.42 Å². The molecule has 0 spiro atoms. The lowest BCUT2D eigenvalue weighted by Crippen LogP contribution is -2.46. The zero-order valence-corrected chi connectivity index (χ0v) is 11.7. The molecule has 6 heteroatoms. The van der Waals surface area contributed by atoms with Crippen molar-refractivity contribution in [1.29, 1.82) is 0 Å². The molecule has 0 bridgehead atoms. The van der Waals surface area contributed by atoms with Crippen LogP contribution < -0.4 is 10.5 Å². The molecule has 0 aliphatic heterocycles. The minimum atomic E-state index is -3.06. The molecular weight excluding hydrogens is 248 g/mol. The van der Waals surface area contributed by atoms with Crippen molar-refractivity contribution >= 4 is 22.4 Å². The van der Waals surface area contributed by atoms with Gasteiger partial charge in [0.1, 0.15) is 0 Å². The molecule has 1 saturated carbocycles. The summed E-state index contributed by atoms with van der Waals surface area (Å²) >= 11 is 0. The molecule has 0 atom stereocenters. The molecule has 0 aromatic heterocycles. The maximum Gasteiger partial charge on any atom is 0.211 e. The van der Waals surface area contributed by atoms with Crippen molar-refractivity contribution in [1.82, 2.24) is 4.72 Å². The van der Waals surface area contributed by atoms with Crippen LogP contribution in [-0.4, -0.2) is 25.8 Å². The van der Waals surface area contributed by atoms with Crippen LogP contribution in [0.25, 0.3) is 0 Å². The van der Waals surface area contributed by atoms with Crippen molar-refractivity contribution in [3.63, 3.8) is 0 Å². The average Bonchev–Trinajstić information content (AvgIpc) is 2.08. The Morgan fingerprint density at radius 1 is 1.38 bits per heavy atom. The van der Waals surface area contributed by atoms with Gasteiger partial charge in [-0.25, -0.2) is 13.1 Å². The van der Waals surface area contributed by atoms with Crippen LogP contribution >= 0.6 is 12.4 Å². The summed E-state index contributed by atoms with van der Waals surface area (Å²) in [6.45, 7) is 3.90. The monoisotopic (exact) mass is 270 g/mol. The first kappa shape index (κ1) is 16.2. The number of sulfonamides is 1. The Hall–Kier alpha value is 0.160. The maximum absolute atomic E-state index is 11.5. The molecule has 1 aliphatic rings. The third-order valence-corrected chi connectivity index (χ3v) is 4.59. The lowest BCUT2D eigenvalue weighted by atomic mass is 9.82. The topological polar surface area (TPSA) is 72.2 Å². The fraction of sp³-hybridized carbons (Fsp3) is 1.00. The third kappa shape index (κ3) is 5.48. The second-order valence-electron chi connectivity index (χ2n) is 4.87. The number of hydrogen-bond donors (Lipinski definition) is 2. The predicted molar refractivity (Wildman–Crippen MR) is 69.3 cm³/mol. The van der Waals surface area contributed by atoms with E-state index in [1.165, 1.54) is 0 Å². The van der Waals surface area contributed by atoms with E-state index >= 15 is 0 Å². The van der Waals surface area contributed by atoms with Crippen LogP contribution in [0.5, 0.6) is 0 Å². The molecule has 1 fully saturated rings. The highest BCUT2D eigenvalue weighted by atomic mass is 35.5. The summed E-state index contributed by atoms with van der Waals surface area (Å²) in [4.78, 5) is 0. The maximum atomic E-state index is 11.5. The number of nitrogens with two attached hydrogens (primary N) is 1. The van der Waals surface area contributed by atoms with Gasteiger partial charge < -0.3 is 5.73 Å². The zero-order valence-electron chi connectivity index (χ0n) is 10.0. The molecule has 0 aromatic carbocycles. The summed E-state index contributed by atoms with van der Waals surface area (Å²) < 4.78 is 25.8. The quantitative estimate of drug-likeness (QED) is 0.811. The van der Waals surface area contributed by atoms with Gasteiger partial charge in [0.2, 0.25) is 10.0 Å². The van der Waals surface area contributed by atoms with Crippen LogP contribution in [0.4, 0.5) is 0 Å². The van der Waals surface area contributed by atoms with Gasteiger partial charge in [-0.3, -0.25) is 0 Å². The first-order chi connectivity index (χ1) is 6.85. The number of hydrogen-bond acceptors (Lipinski definition) is 3. The van der Waals surface area contributed by atoms with E-state index in [-0.39, 0.29) is 29.7 Å². The fourth-order valence-electron chi connectivity index (χ4n) is 1.98. The zero-order chi connectivity index (χ0) is 11.5. The van der Waals surface area contributed by atoms with E-state index < -0.39 is 10.0 Å². The van der Waals surface area contributed by atoms with Gasteiger partial charge in [-0.05, 0) is 39.0 Å². The molecule has 1 aliphatic carbocycles. The molecule has 16 heavy (non-hydrogen) atoms. The van der Waals surface area contributed by atoms with Gasteiger partial charge in [-0.2, -0.15) is 0 Å². The van der Waals surface area contributed by atoms with Crippen LogP contribution in [0.15, 0.2) is 0 Å². The summed E-state index contributed by atoms with van der Waals surface area (Å²) in [6.07, 6.45) is 4.17. The first-order valence-corrected chi connectivity index (χ1v) is 7.29. The Labute approximate surface area is 105 Å². The highest BCUT2D eigenvalue weighted by Crippen LogP contribution is 2.25. The number of rotatable bonds is 4. The fourth-order valence-corrected chi connectivity index (χ4v) is 3.38. The minimum absolute atomic E-state index is 0. The van der Waals surface area contributed by atoms with Gasteiger partial charge in [0.15, 0.2) is 0 Å². The predicted octanol–water partition coefficient (Wildman–Crippen LogP) is 1.40. The van der Waals surface area contributed by atoms with E-state index in [4.69, 9.17) is 5.73 Å². The summed E-state index contributed by atoms with van der Waals surface area (Å²) in [5.74, 6) is 0.226. The highest BCUT2D eigenvalue weighted by molar-refractivity contribution is 7.89. The molecule has 3 N–H and O–H groups in total. The van der Waals surface area contributed by atoms with E-state index in [1.54, 1.807) is 0 Å². The SMILES string of the molecule is CCCS(=O)(=O)NC1CCC(C)(N)CC1.Cl. The molecule has 0 radical (unpaired) electrons. The van der Waals surface area contributed by atoms with Crippen molar-refractivity contribution < 1.29 is 8.42 Å². The number of nitrogens with one attached hydrogen (secondary N) is 1. The van der Waals surface area contributed by atoms with Gasteiger partial charge in [0.25, 0.3) is 0 Å². The first-order valence-electron chi connectivity index (χ1n) is 5.63. The second kappa shape index (κ2) is 6.19. The Morgan fingerprint density at radius 2 is 1.88 bits per heavy atom. The third-order valence-electron chi connectivity index (χ3n) is 2.95. The van der Waals surface area contributed by atoms with Gasteiger partial charge in [-0.15, -0.1) is 12.4 Å². The molecule has 0 unspecified atom stereocenters. The average molecular weight is 271 g/mol. The van der Waals surface area contributed by atoms with Gasteiger partial charge in [0.05, 0.1) is 5.75 Å². The van der Waals surface area contributed by atoms with E-state index in [0.717, 1.165) is 25.7 Å². The van der Waals surface area contributed by atoms with E-state index in [1.807, 2.05) is 13.8 Å². The van der Waals surface area contributed by atoms with Gasteiger partial charge >= 0.3 is 0 Å². The van der Waals surface area contributed by atoms with Gasteiger partial charge in [0, 0.05) is 11.6 Å². The van der Waals surface area contributed by atoms with E-state index in [9.17, 15) is 8.42 Å². The summed E-state index contributed by atoms with van der Waals surface area (Å²) in [7, 11) is -3.06. The number of halogens is 1. The smallest absolute Gasteiger partial charge is 0.211 e. The van der Waals surface area contributed by atoms with Crippen molar-refractivity contribution in [3.8, 4) is 0 Å². The van der Waals surface area contributed by atoms with Crippen molar-refractivity contribution in [2.75, 3.05) is 5.75 Å². The van der Waals surface area contributed by atoms with E-state index in [2.05, 4.69) is 4.72 Å². The summed E-state index contributed by atoms with van der Waals surface area (Å²) in [5, 5.41) is 0. The Morgan fingerprint density at radius 3 is 2.31 bits per heavy atom.